The standard InChI is InChI=1S/C37H25Cl2F4N3O3S/c38-24-14-19-31(28(20-24)37(41,42)43)45-36(49)33(22-8-3-1-4-9-22)50-26-17-15-25(16-18-26)44-35(48)32(21-27-29(39)12-7-13-30(27)40)46-34(47)23-10-5-2-6-11-23/h1-21,33H,(H,44,48)(H,45,49)(H,46,47)/b32-21-. The first kappa shape index (κ1) is 36.2. The van der Waals surface area contributed by atoms with E-state index in [9.17, 15) is 31.9 Å². The Labute approximate surface area is 298 Å². The summed E-state index contributed by atoms with van der Waals surface area (Å²) in [4.78, 5) is 40.4. The summed E-state index contributed by atoms with van der Waals surface area (Å²) in [6.07, 6.45) is -3.63. The summed E-state index contributed by atoms with van der Waals surface area (Å²) in [5.74, 6) is -2.81. The van der Waals surface area contributed by atoms with Crippen LogP contribution < -0.4 is 16.0 Å². The van der Waals surface area contributed by atoms with Gasteiger partial charge in [-0.1, -0.05) is 77.8 Å². The molecular formula is C37H25Cl2F4N3O3S. The third-order valence-corrected chi connectivity index (χ3v) is 8.90. The number of carbonyl (C=O) groups excluding carboxylic acids is 3. The van der Waals surface area contributed by atoms with Crippen LogP contribution in [0.1, 0.15) is 32.3 Å². The minimum atomic E-state index is -4.76. The number of anilines is 2. The zero-order valence-electron chi connectivity index (χ0n) is 25.6. The SMILES string of the molecule is O=C(Nc1ccc(SC(C(=O)Nc2ccc(Cl)cc2C(F)(F)F)c2ccccc2)cc1)/C(=C/c1c(F)cccc1Cl)NC(=O)c1ccccc1. The van der Waals surface area contributed by atoms with Crippen LogP contribution in [0.4, 0.5) is 28.9 Å². The molecule has 0 aliphatic rings. The van der Waals surface area contributed by atoms with E-state index in [1.807, 2.05) is 0 Å². The molecule has 0 bridgehead atoms. The molecule has 5 aromatic carbocycles. The maximum Gasteiger partial charge on any atom is 0.418 e. The fourth-order valence-electron chi connectivity index (χ4n) is 4.65. The van der Waals surface area contributed by atoms with Gasteiger partial charge in [0.05, 0.1) is 16.3 Å². The molecule has 0 fully saturated rings. The van der Waals surface area contributed by atoms with E-state index in [4.69, 9.17) is 23.2 Å². The second kappa shape index (κ2) is 16.1. The van der Waals surface area contributed by atoms with E-state index in [1.54, 1.807) is 72.8 Å². The Balaban J connectivity index is 1.37. The molecular weight excluding hydrogens is 713 g/mol. The summed E-state index contributed by atoms with van der Waals surface area (Å²) in [5.41, 5.74) is -0.834. The highest BCUT2D eigenvalue weighted by Gasteiger charge is 2.35. The number of amides is 3. The molecule has 1 unspecified atom stereocenters. The van der Waals surface area contributed by atoms with Crippen LogP contribution in [0.3, 0.4) is 0 Å². The van der Waals surface area contributed by atoms with Crippen LogP contribution in [0.15, 0.2) is 132 Å². The van der Waals surface area contributed by atoms with Gasteiger partial charge in [-0.3, -0.25) is 14.4 Å². The number of hydrogen-bond donors (Lipinski definition) is 3. The van der Waals surface area contributed by atoms with Gasteiger partial charge in [0.1, 0.15) is 16.8 Å². The van der Waals surface area contributed by atoms with E-state index < -0.39 is 46.2 Å². The topological polar surface area (TPSA) is 87.3 Å². The first-order valence-corrected chi connectivity index (χ1v) is 16.4. The Morgan fingerprint density at radius 2 is 1.42 bits per heavy atom. The maximum absolute atomic E-state index is 14.6. The van der Waals surface area contributed by atoms with Crippen LogP contribution in [0, 0.1) is 5.82 Å². The van der Waals surface area contributed by atoms with Crippen LogP contribution in [-0.2, 0) is 15.8 Å². The lowest BCUT2D eigenvalue weighted by Gasteiger charge is -2.20. The Bertz CT molecular complexity index is 2030. The number of rotatable bonds is 10. The third kappa shape index (κ3) is 9.32. The fourth-order valence-corrected chi connectivity index (χ4v) is 6.06. The number of nitrogens with one attached hydrogen (secondary N) is 3. The molecule has 5 aromatic rings. The molecule has 5 rings (SSSR count). The number of alkyl halides is 3. The predicted octanol–water partition coefficient (Wildman–Crippen LogP) is 10.0. The molecule has 0 aromatic heterocycles. The average molecular weight is 739 g/mol. The molecule has 1 atom stereocenters. The molecule has 0 heterocycles. The highest BCUT2D eigenvalue weighted by molar-refractivity contribution is 8.00. The third-order valence-electron chi connectivity index (χ3n) is 7.07. The first-order chi connectivity index (χ1) is 23.9. The van der Waals surface area contributed by atoms with Crippen molar-refractivity contribution < 1.29 is 31.9 Å². The zero-order chi connectivity index (χ0) is 35.8. The second-order valence-electron chi connectivity index (χ2n) is 10.6. The monoisotopic (exact) mass is 737 g/mol. The minimum absolute atomic E-state index is 0.0216. The lowest BCUT2D eigenvalue weighted by Crippen LogP contribution is -2.30. The molecule has 0 spiro atoms. The maximum atomic E-state index is 14.6. The van der Waals surface area contributed by atoms with Crippen molar-refractivity contribution >= 4 is 70.1 Å². The predicted molar refractivity (Wildman–Crippen MR) is 188 cm³/mol. The van der Waals surface area contributed by atoms with Gasteiger partial charge in [0, 0.05) is 26.7 Å². The second-order valence-corrected chi connectivity index (χ2v) is 12.6. The average Bonchev–Trinajstić information content (AvgIpc) is 3.10. The van der Waals surface area contributed by atoms with Crippen molar-refractivity contribution in [2.75, 3.05) is 10.6 Å². The Morgan fingerprint density at radius 1 is 0.760 bits per heavy atom. The Hall–Kier alpha value is -5.10. The summed E-state index contributed by atoms with van der Waals surface area (Å²) < 4.78 is 55.8. The van der Waals surface area contributed by atoms with Crippen LogP contribution >= 0.6 is 35.0 Å². The van der Waals surface area contributed by atoms with Crippen LogP contribution in [0.25, 0.3) is 6.08 Å². The summed E-state index contributed by atoms with van der Waals surface area (Å²) in [6, 6.07) is 30.0. The lowest BCUT2D eigenvalue weighted by atomic mass is 10.1. The van der Waals surface area contributed by atoms with Gasteiger partial charge < -0.3 is 16.0 Å². The van der Waals surface area contributed by atoms with Gasteiger partial charge in [-0.15, -0.1) is 11.8 Å². The van der Waals surface area contributed by atoms with Crippen molar-refractivity contribution in [3.8, 4) is 0 Å². The summed E-state index contributed by atoms with van der Waals surface area (Å²) in [6.45, 7) is 0. The van der Waals surface area contributed by atoms with Gasteiger partial charge in [0.15, 0.2) is 0 Å². The van der Waals surface area contributed by atoms with Gasteiger partial charge in [0.2, 0.25) is 5.91 Å². The fraction of sp³-hybridized carbons (Fsp3) is 0.0541. The molecule has 0 radical (unpaired) electrons. The van der Waals surface area contributed by atoms with Crippen molar-refractivity contribution in [2.24, 2.45) is 0 Å². The van der Waals surface area contributed by atoms with Gasteiger partial charge in [0.25, 0.3) is 11.8 Å². The van der Waals surface area contributed by atoms with E-state index in [-0.39, 0.29) is 32.6 Å². The quantitative estimate of drug-likeness (QED) is 0.0757. The molecule has 0 aliphatic carbocycles. The zero-order valence-corrected chi connectivity index (χ0v) is 27.9. The number of hydrogen-bond acceptors (Lipinski definition) is 4. The van der Waals surface area contributed by atoms with Crippen LogP contribution in [0.5, 0.6) is 0 Å². The smallest absolute Gasteiger partial charge is 0.324 e. The van der Waals surface area contributed by atoms with Crippen molar-refractivity contribution in [1.82, 2.24) is 5.32 Å². The van der Waals surface area contributed by atoms with E-state index in [1.165, 1.54) is 30.3 Å². The first-order valence-electron chi connectivity index (χ1n) is 14.7. The number of carbonyl (C=O) groups is 3. The number of thioether (sulfide) groups is 1. The van der Waals surface area contributed by atoms with Gasteiger partial charge in [-0.05, 0) is 78.4 Å². The minimum Gasteiger partial charge on any atom is -0.324 e. The summed E-state index contributed by atoms with van der Waals surface area (Å²) in [5, 5.41) is 6.49. The van der Waals surface area contributed by atoms with Gasteiger partial charge in [-0.2, -0.15) is 13.2 Å². The summed E-state index contributed by atoms with van der Waals surface area (Å²) in [7, 11) is 0. The highest BCUT2D eigenvalue weighted by atomic mass is 35.5. The molecule has 6 nitrogen and oxygen atoms in total. The Kier molecular flexibility index (Phi) is 11.6. The number of halogens is 6. The molecule has 50 heavy (non-hydrogen) atoms. The van der Waals surface area contributed by atoms with E-state index in [0.717, 1.165) is 36.0 Å². The Morgan fingerprint density at radius 3 is 2.06 bits per heavy atom. The van der Waals surface area contributed by atoms with Crippen molar-refractivity contribution in [3.63, 3.8) is 0 Å². The normalized spacial score (nSPS) is 12.2. The molecule has 0 saturated carbocycles. The summed E-state index contributed by atoms with van der Waals surface area (Å²) >= 11 is 13.1. The lowest BCUT2D eigenvalue weighted by molar-refractivity contribution is -0.137. The van der Waals surface area contributed by atoms with E-state index in [0.29, 0.717) is 10.5 Å². The molecule has 13 heteroatoms. The van der Waals surface area contributed by atoms with Crippen LogP contribution in [-0.4, -0.2) is 17.7 Å². The van der Waals surface area contributed by atoms with E-state index in [2.05, 4.69) is 16.0 Å². The largest absolute Gasteiger partial charge is 0.418 e. The van der Waals surface area contributed by atoms with Crippen LogP contribution in [0.2, 0.25) is 10.0 Å². The highest BCUT2D eigenvalue weighted by Crippen LogP contribution is 2.40. The molecule has 3 amide bonds. The molecule has 3 N–H and O–H groups in total. The van der Waals surface area contributed by atoms with Crippen molar-refractivity contribution in [2.45, 2.75) is 16.3 Å². The molecule has 254 valence electrons. The van der Waals surface area contributed by atoms with Gasteiger partial charge in [-0.25, -0.2) is 4.39 Å². The number of benzene rings is 5. The van der Waals surface area contributed by atoms with Crippen molar-refractivity contribution in [3.05, 3.63) is 165 Å². The molecule has 0 saturated heterocycles. The van der Waals surface area contributed by atoms with E-state index >= 15 is 0 Å². The van der Waals surface area contributed by atoms with Crippen molar-refractivity contribution in [1.29, 1.82) is 0 Å². The van der Waals surface area contributed by atoms with Gasteiger partial charge >= 0.3 is 6.18 Å². The molecule has 0 aliphatic heterocycles.